The molecule has 0 spiro atoms. The fourth-order valence-electron chi connectivity index (χ4n) is 3.89. The van der Waals surface area contributed by atoms with Gasteiger partial charge in [0.2, 0.25) is 11.8 Å². The number of piperidine rings is 1. The Kier molecular flexibility index (Phi) is 5.00. The van der Waals surface area contributed by atoms with Gasteiger partial charge in [-0.15, -0.1) is 5.10 Å². The number of aromatic nitrogens is 4. The maximum atomic E-state index is 5.97. The van der Waals surface area contributed by atoms with Gasteiger partial charge in [0.25, 0.3) is 0 Å². The molecule has 3 heterocycles. The van der Waals surface area contributed by atoms with E-state index in [2.05, 4.69) is 31.1 Å². The van der Waals surface area contributed by atoms with Crippen LogP contribution < -0.4 is 9.64 Å². The van der Waals surface area contributed by atoms with Crippen LogP contribution in [0.3, 0.4) is 0 Å². The second-order valence-corrected chi connectivity index (χ2v) is 7.55. The summed E-state index contributed by atoms with van der Waals surface area (Å²) in [6, 6.07) is 4.11. The Hall–Kier alpha value is -2.24. The molecule has 2 aliphatic rings. The van der Waals surface area contributed by atoms with Gasteiger partial charge in [0.15, 0.2) is 0 Å². The van der Waals surface area contributed by atoms with Gasteiger partial charge in [-0.2, -0.15) is 5.10 Å². The molecular weight excluding hydrogens is 326 g/mol. The van der Waals surface area contributed by atoms with Gasteiger partial charge in [-0.3, -0.25) is 0 Å². The highest BCUT2D eigenvalue weighted by molar-refractivity contribution is 5.32. The summed E-state index contributed by atoms with van der Waals surface area (Å²) in [7, 11) is 0. The third-order valence-corrected chi connectivity index (χ3v) is 5.38. The average molecular weight is 353 g/mol. The van der Waals surface area contributed by atoms with Crippen molar-refractivity contribution in [3.63, 3.8) is 0 Å². The molecule has 1 saturated heterocycles. The molecule has 1 fully saturated rings. The van der Waals surface area contributed by atoms with E-state index in [-0.39, 0.29) is 0 Å². The largest absolute Gasteiger partial charge is 0.476 e. The highest BCUT2D eigenvalue weighted by Gasteiger charge is 2.22. The van der Waals surface area contributed by atoms with Crippen LogP contribution in [0.25, 0.3) is 0 Å². The van der Waals surface area contributed by atoms with Gasteiger partial charge < -0.3 is 9.64 Å². The highest BCUT2D eigenvalue weighted by Crippen LogP contribution is 2.24. The van der Waals surface area contributed by atoms with Crippen LogP contribution in [0.1, 0.15) is 48.3 Å². The summed E-state index contributed by atoms with van der Waals surface area (Å²) < 4.78 is 5.97. The number of hydrogen-bond donors (Lipinski definition) is 0. The Morgan fingerprint density at radius 3 is 2.50 bits per heavy atom. The van der Waals surface area contributed by atoms with Gasteiger partial charge >= 0.3 is 0 Å². The zero-order valence-electron chi connectivity index (χ0n) is 15.7. The molecule has 1 aliphatic carbocycles. The lowest BCUT2D eigenvalue weighted by Gasteiger charge is -2.32. The minimum absolute atomic E-state index is 0.551. The Balaban J connectivity index is 1.30. The van der Waals surface area contributed by atoms with E-state index >= 15 is 0 Å². The molecule has 0 saturated carbocycles. The fourth-order valence-corrected chi connectivity index (χ4v) is 3.89. The van der Waals surface area contributed by atoms with E-state index in [1.165, 1.54) is 18.4 Å². The monoisotopic (exact) mass is 353 g/mol. The van der Waals surface area contributed by atoms with Crippen LogP contribution >= 0.6 is 0 Å². The van der Waals surface area contributed by atoms with E-state index < -0.39 is 0 Å². The molecule has 138 valence electrons. The summed E-state index contributed by atoms with van der Waals surface area (Å²) in [4.78, 5) is 11.5. The van der Waals surface area contributed by atoms with Crippen LogP contribution in [0, 0.1) is 19.8 Å². The number of fused-ring (bicyclic) bond motifs is 1. The second-order valence-electron chi connectivity index (χ2n) is 7.55. The molecular formula is C20H27N5O. The first-order valence-corrected chi connectivity index (χ1v) is 9.73. The van der Waals surface area contributed by atoms with Gasteiger partial charge in [0.1, 0.15) is 0 Å². The lowest BCUT2D eigenvalue weighted by molar-refractivity contribution is 0.213. The molecule has 4 rings (SSSR count). The molecule has 1 aliphatic heterocycles. The predicted octanol–water partition coefficient (Wildman–Crippen LogP) is 3.06. The van der Waals surface area contributed by atoms with Crippen molar-refractivity contribution in [3.8, 4) is 5.88 Å². The summed E-state index contributed by atoms with van der Waals surface area (Å²) in [6.07, 6.45) is 6.82. The molecule has 2 aromatic heterocycles. The van der Waals surface area contributed by atoms with Crippen LogP contribution in [0.4, 0.5) is 5.95 Å². The number of rotatable bonds is 4. The highest BCUT2D eigenvalue weighted by atomic mass is 16.5. The number of ether oxygens (including phenoxy) is 1. The van der Waals surface area contributed by atoms with Gasteiger partial charge in [-0.1, -0.05) is 0 Å². The van der Waals surface area contributed by atoms with Gasteiger partial charge in [0, 0.05) is 30.5 Å². The Morgan fingerprint density at radius 1 is 1.00 bits per heavy atom. The van der Waals surface area contributed by atoms with Crippen LogP contribution in [0.15, 0.2) is 12.1 Å². The smallest absolute Gasteiger partial charge is 0.233 e. The van der Waals surface area contributed by atoms with E-state index in [4.69, 9.17) is 4.74 Å². The zero-order chi connectivity index (χ0) is 17.9. The average Bonchev–Trinajstić information content (AvgIpc) is 2.66. The number of nitrogens with zero attached hydrogens (tertiary/aromatic N) is 5. The van der Waals surface area contributed by atoms with Crippen molar-refractivity contribution in [2.24, 2.45) is 5.92 Å². The van der Waals surface area contributed by atoms with Crippen LogP contribution in [0.2, 0.25) is 0 Å². The SMILES string of the molecule is Cc1cc(C)nc(N2CCC(COc3cc4c(nn3)CCCC4)CC2)n1. The molecule has 0 N–H and O–H groups in total. The third-order valence-electron chi connectivity index (χ3n) is 5.38. The summed E-state index contributed by atoms with van der Waals surface area (Å²) in [5.74, 6) is 2.10. The minimum Gasteiger partial charge on any atom is -0.476 e. The van der Waals surface area contributed by atoms with Crippen molar-refractivity contribution in [3.05, 3.63) is 34.8 Å². The van der Waals surface area contributed by atoms with E-state index in [0.717, 1.165) is 68.4 Å². The normalized spacial score (nSPS) is 17.8. The molecule has 26 heavy (non-hydrogen) atoms. The quantitative estimate of drug-likeness (QED) is 0.842. The first kappa shape index (κ1) is 17.2. The zero-order valence-corrected chi connectivity index (χ0v) is 15.7. The van der Waals surface area contributed by atoms with Crippen molar-refractivity contribution in [1.82, 2.24) is 20.2 Å². The topological polar surface area (TPSA) is 64.0 Å². The predicted molar refractivity (Wildman–Crippen MR) is 101 cm³/mol. The minimum atomic E-state index is 0.551. The van der Waals surface area contributed by atoms with E-state index in [1.54, 1.807) is 0 Å². The molecule has 0 aromatic carbocycles. The maximum absolute atomic E-state index is 5.97. The molecule has 0 bridgehead atoms. The van der Waals surface area contributed by atoms with Gasteiger partial charge in [0.05, 0.1) is 12.3 Å². The maximum Gasteiger partial charge on any atom is 0.233 e. The number of hydrogen-bond acceptors (Lipinski definition) is 6. The summed E-state index contributed by atoms with van der Waals surface area (Å²) in [6.45, 7) is 6.73. The van der Waals surface area contributed by atoms with Crippen LogP contribution in [-0.2, 0) is 12.8 Å². The standard InChI is InChI=1S/C20H27N5O/c1-14-11-15(2)22-20(21-14)25-9-7-16(8-10-25)13-26-19-12-17-5-3-4-6-18(17)23-24-19/h11-12,16H,3-10,13H2,1-2H3. The molecule has 6 nitrogen and oxygen atoms in total. The van der Waals surface area contributed by atoms with Crippen molar-refractivity contribution >= 4 is 5.95 Å². The molecule has 0 radical (unpaired) electrons. The van der Waals surface area contributed by atoms with Crippen molar-refractivity contribution in [2.45, 2.75) is 52.4 Å². The second kappa shape index (κ2) is 7.56. The molecule has 6 heteroatoms. The molecule has 0 unspecified atom stereocenters. The Morgan fingerprint density at radius 2 is 1.73 bits per heavy atom. The molecule has 0 atom stereocenters. The van der Waals surface area contributed by atoms with E-state index in [0.29, 0.717) is 11.8 Å². The molecule has 0 amide bonds. The number of anilines is 1. The Labute approximate surface area is 155 Å². The summed E-state index contributed by atoms with van der Waals surface area (Å²) in [5, 5.41) is 8.61. The van der Waals surface area contributed by atoms with Crippen molar-refractivity contribution in [2.75, 3.05) is 24.6 Å². The van der Waals surface area contributed by atoms with E-state index in [1.807, 2.05) is 19.9 Å². The van der Waals surface area contributed by atoms with Crippen LogP contribution in [0.5, 0.6) is 5.88 Å². The van der Waals surface area contributed by atoms with Gasteiger partial charge in [-0.05, 0) is 69.9 Å². The summed E-state index contributed by atoms with van der Waals surface area (Å²) >= 11 is 0. The van der Waals surface area contributed by atoms with E-state index in [9.17, 15) is 0 Å². The first-order chi connectivity index (χ1) is 12.7. The Bertz CT molecular complexity index is 751. The third kappa shape index (κ3) is 3.94. The van der Waals surface area contributed by atoms with Gasteiger partial charge in [-0.25, -0.2) is 9.97 Å². The fraction of sp³-hybridized carbons (Fsp3) is 0.600. The lowest BCUT2D eigenvalue weighted by Crippen LogP contribution is -2.36. The number of aryl methyl sites for hydroxylation is 4. The van der Waals surface area contributed by atoms with Crippen LogP contribution in [-0.4, -0.2) is 39.9 Å². The summed E-state index contributed by atoms with van der Waals surface area (Å²) in [5.41, 5.74) is 4.54. The van der Waals surface area contributed by atoms with Crippen molar-refractivity contribution < 1.29 is 4.74 Å². The first-order valence-electron chi connectivity index (χ1n) is 9.73. The lowest BCUT2D eigenvalue weighted by atomic mass is 9.97. The molecule has 2 aromatic rings. The van der Waals surface area contributed by atoms with Crippen molar-refractivity contribution in [1.29, 1.82) is 0 Å².